The Labute approximate surface area is 166 Å². The third kappa shape index (κ3) is 3.34. The van der Waals surface area contributed by atoms with E-state index in [4.69, 9.17) is 0 Å². The van der Waals surface area contributed by atoms with E-state index in [1.165, 1.54) is 12.4 Å². The van der Waals surface area contributed by atoms with Crippen molar-refractivity contribution < 1.29 is 22.0 Å². The number of fused-ring (bicyclic) bond motifs is 1. The third-order valence-corrected chi connectivity index (χ3v) is 4.60. The maximum atomic E-state index is 13.7. The molecule has 30 heavy (non-hydrogen) atoms. The number of nitrogens with zero attached hydrogens (tertiary/aromatic N) is 4. The van der Waals surface area contributed by atoms with Crippen molar-refractivity contribution in [2.24, 2.45) is 0 Å². The number of hydrogen-bond acceptors (Lipinski definition) is 3. The Morgan fingerprint density at radius 1 is 1.07 bits per heavy atom. The average molecular weight is 420 g/mol. The first kappa shape index (κ1) is 19.7. The van der Waals surface area contributed by atoms with Crippen molar-refractivity contribution in [3.8, 4) is 16.8 Å². The van der Waals surface area contributed by atoms with Gasteiger partial charge in [0.15, 0.2) is 0 Å². The number of hydrogen-bond donors (Lipinski definition) is 0. The van der Waals surface area contributed by atoms with E-state index in [0.717, 1.165) is 39.5 Å². The van der Waals surface area contributed by atoms with Crippen molar-refractivity contribution in [1.82, 2.24) is 19.2 Å². The molecule has 3 heterocycles. The summed E-state index contributed by atoms with van der Waals surface area (Å²) < 4.78 is 67.6. The Hall–Kier alpha value is -3.56. The lowest BCUT2D eigenvalue weighted by atomic mass is 10.1. The van der Waals surface area contributed by atoms with Crippen LogP contribution in [0.25, 0.3) is 22.3 Å². The van der Waals surface area contributed by atoms with Crippen LogP contribution in [0.15, 0.2) is 59.8 Å². The van der Waals surface area contributed by atoms with E-state index in [1.807, 2.05) is 0 Å². The van der Waals surface area contributed by atoms with Crippen molar-refractivity contribution >= 4 is 5.52 Å². The third-order valence-electron chi connectivity index (χ3n) is 4.60. The molecule has 1 aromatic carbocycles. The molecule has 0 bridgehead atoms. The summed E-state index contributed by atoms with van der Waals surface area (Å²) in [6.45, 7) is 1.74. The van der Waals surface area contributed by atoms with Crippen LogP contribution in [0, 0.1) is 6.92 Å². The van der Waals surface area contributed by atoms with Crippen LogP contribution in [-0.2, 0) is 6.18 Å². The molecule has 154 valence electrons. The van der Waals surface area contributed by atoms with E-state index in [1.54, 1.807) is 19.1 Å². The second-order valence-electron chi connectivity index (χ2n) is 6.58. The first-order chi connectivity index (χ1) is 14.2. The largest absolute Gasteiger partial charge is 0.416 e. The normalized spacial score (nSPS) is 12.1. The first-order valence-electron chi connectivity index (χ1n) is 8.69. The average Bonchev–Trinajstić information content (AvgIpc) is 3.13. The highest BCUT2D eigenvalue weighted by Crippen LogP contribution is 2.30. The molecule has 4 aromatic rings. The first-order valence-corrected chi connectivity index (χ1v) is 8.69. The molecule has 0 spiro atoms. The zero-order chi connectivity index (χ0) is 21.6. The zero-order valence-electron chi connectivity index (χ0n) is 15.4. The summed E-state index contributed by atoms with van der Waals surface area (Å²) in [7, 11) is 0. The predicted molar refractivity (Wildman–Crippen MR) is 98.7 cm³/mol. The summed E-state index contributed by atoms with van der Waals surface area (Å²) >= 11 is 0. The van der Waals surface area contributed by atoms with Gasteiger partial charge in [0.2, 0.25) is 0 Å². The predicted octanol–water partition coefficient (Wildman–Crippen LogP) is 4.81. The van der Waals surface area contributed by atoms with Gasteiger partial charge in [-0.1, -0.05) is 0 Å². The van der Waals surface area contributed by atoms with E-state index in [-0.39, 0.29) is 11.2 Å². The highest BCUT2D eigenvalue weighted by molar-refractivity contribution is 5.79. The Kier molecular flexibility index (Phi) is 4.64. The molecule has 0 radical (unpaired) electrons. The van der Waals surface area contributed by atoms with Crippen molar-refractivity contribution in [3.05, 3.63) is 82.3 Å². The zero-order valence-corrected chi connectivity index (χ0v) is 15.4. The van der Waals surface area contributed by atoms with E-state index < -0.39 is 29.4 Å². The molecule has 0 aliphatic heterocycles. The number of pyridine rings is 1. The summed E-state index contributed by atoms with van der Waals surface area (Å²) in [5.41, 5.74) is -0.739. The van der Waals surface area contributed by atoms with Gasteiger partial charge >= 0.3 is 6.18 Å². The molecule has 0 amide bonds. The summed E-state index contributed by atoms with van der Waals surface area (Å²) in [4.78, 5) is 17.2. The second-order valence-corrected chi connectivity index (χ2v) is 6.58. The minimum atomic E-state index is -4.56. The van der Waals surface area contributed by atoms with Gasteiger partial charge in [-0.05, 0) is 48.9 Å². The van der Waals surface area contributed by atoms with Gasteiger partial charge in [0.25, 0.3) is 12.0 Å². The van der Waals surface area contributed by atoms with E-state index in [9.17, 15) is 26.7 Å². The molecule has 0 fully saturated rings. The Bertz CT molecular complexity index is 1290. The molecule has 3 aromatic heterocycles. The summed E-state index contributed by atoms with van der Waals surface area (Å²) in [6.07, 6.45) is -3.83. The number of aromatic nitrogens is 4. The molecule has 0 unspecified atom stereocenters. The lowest BCUT2D eigenvalue weighted by Crippen LogP contribution is -2.23. The van der Waals surface area contributed by atoms with Crippen LogP contribution < -0.4 is 5.56 Å². The van der Waals surface area contributed by atoms with Gasteiger partial charge in [0.1, 0.15) is 11.2 Å². The number of benzene rings is 1. The van der Waals surface area contributed by atoms with Gasteiger partial charge < -0.3 is 0 Å². The summed E-state index contributed by atoms with van der Waals surface area (Å²) in [6, 6.07) is 6.98. The molecular formula is C20H13F5N4O. The van der Waals surface area contributed by atoms with E-state index >= 15 is 0 Å². The fourth-order valence-electron chi connectivity index (χ4n) is 3.19. The molecule has 0 aliphatic carbocycles. The van der Waals surface area contributed by atoms with Crippen molar-refractivity contribution in [2.75, 3.05) is 0 Å². The van der Waals surface area contributed by atoms with Crippen molar-refractivity contribution in [1.29, 1.82) is 0 Å². The molecule has 0 saturated heterocycles. The lowest BCUT2D eigenvalue weighted by molar-refractivity contribution is -0.137. The van der Waals surface area contributed by atoms with Crippen LogP contribution in [0.3, 0.4) is 0 Å². The fraction of sp³-hybridized carbons (Fsp3) is 0.150. The molecular weight excluding hydrogens is 407 g/mol. The van der Waals surface area contributed by atoms with Gasteiger partial charge in [-0.3, -0.25) is 14.3 Å². The highest BCUT2D eigenvalue weighted by Gasteiger charge is 2.30. The maximum absolute atomic E-state index is 13.7. The number of rotatable bonds is 3. The Balaban J connectivity index is 1.98. The van der Waals surface area contributed by atoms with Gasteiger partial charge in [0, 0.05) is 29.3 Å². The Morgan fingerprint density at radius 3 is 2.37 bits per heavy atom. The summed E-state index contributed by atoms with van der Waals surface area (Å²) in [5.74, 6) is 0. The smallest absolute Gasteiger partial charge is 0.280 e. The van der Waals surface area contributed by atoms with E-state index in [0.29, 0.717) is 16.8 Å². The standard InChI is InChI=1S/C20H13F5N4O/c1-11-8-12(6-7-26-11)15-9-27-29-16(18(21)22)10-28(19(30)17(15)29)14-4-2-13(3-5-14)20(23,24)25/h2-10,18H,1H3. The van der Waals surface area contributed by atoms with E-state index in [2.05, 4.69) is 10.1 Å². The lowest BCUT2D eigenvalue weighted by Gasteiger charge is -2.13. The second kappa shape index (κ2) is 7.05. The molecule has 4 rings (SSSR count). The SMILES string of the molecule is Cc1cc(-c2cnn3c(C(F)F)cn(-c4ccc(C(F)(F)F)cc4)c(=O)c23)ccn1. The van der Waals surface area contributed by atoms with Crippen LogP contribution in [0.5, 0.6) is 0 Å². The minimum absolute atomic E-state index is 0.0236. The molecule has 0 atom stereocenters. The fourth-order valence-corrected chi connectivity index (χ4v) is 3.19. The van der Waals surface area contributed by atoms with Crippen LogP contribution in [0.1, 0.15) is 23.4 Å². The Morgan fingerprint density at radius 2 is 1.77 bits per heavy atom. The topological polar surface area (TPSA) is 52.2 Å². The van der Waals surface area contributed by atoms with Crippen molar-refractivity contribution in [2.45, 2.75) is 19.5 Å². The van der Waals surface area contributed by atoms with Crippen LogP contribution >= 0.6 is 0 Å². The van der Waals surface area contributed by atoms with Gasteiger partial charge in [0.05, 0.1) is 11.8 Å². The molecule has 0 aliphatic rings. The highest BCUT2D eigenvalue weighted by atomic mass is 19.4. The quantitative estimate of drug-likeness (QED) is 0.447. The van der Waals surface area contributed by atoms with Crippen molar-refractivity contribution in [3.63, 3.8) is 0 Å². The molecule has 0 N–H and O–H groups in total. The number of aryl methyl sites for hydroxylation is 1. The van der Waals surface area contributed by atoms with Crippen LogP contribution in [0.2, 0.25) is 0 Å². The van der Waals surface area contributed by atoms with Crippen LogP contribution in [-0.4, -0.2) is 19.2 Å². The van der Waals surface area contributed by atoms with Crippen LogP contribution in [0.4, 0.5) is 22.0 Å². The van der Waals surface area contributed by atoms with Gasteiger partial charge in [-0.25, -0.2) is 13.3 Å². The molecule has 10 heteroatoms. The molecule has 0 saturated carbocycles. The van der Waals surface area contributed by atoms with Gasteiger partial charge in [-0.2, -0.15) is 18.3 Å². The summed E-state index contributed by atoms with van der Waals surface area (Å²) in [5, 5.41) is 3.94. The monoisotopic (exact) mass is 420 g/mol. The molecule has 5 nitrogen and oxygen atoms in total. The minimum Gasteiger partial charge on any atom is -0.280 e. The maximum Gasteiger partial charge on any atom is 0.416 e. The van der Waals surface area contributed by atoms with Gasteiger partial charge in [-0.15, -0.1) is 0 Å². The number of halogens is 5. The number of alkyl halides is 5.